The van der Waals surface area contributed by atoms with Crippen molar-refractivity contribution in [1.82, 2.24) is 9.97 Å². The third kappa shape index (κ3) is 4.74. The maximum absolute atomic E-state index is 12.0. The van der Waals surface area contributed by atoms with Crippen LogP contribution in [0.3, 0.4) is 0 Å². The summed E-state index contributed by atoms with van der Waals surface area (Å²) in [6.45, 7) is 5.01. The minimum Gasteiger partial charge on any atom is -0.489 e. The van der Waals surface area contributed by atoms with Crippen molar-refractivity contribution in [2.24, 2.45) is 5.41 Å². The van der Waals surface area contributed by atoms with Gasteiger partial charge in [-0.15, -0.1) is 0 Å². The lowest BCUT2D eigenvalue weighted by molar-refractivity contribution is -0.123. The van der Waals surface area contributed by atoms with Crippen molar-refractivity contribution in [1.29, 1.82) is 0 Å². The summed E-state index contributed by atoms with van der Waals surface area (Å²) in [7, 11) is 0. The molecule has 2 aromatic rings. The minimum atomic E-state index is -0.534. The summed E-state index contributed by atoms with van der Waals surface area (Å²) in [6, 6.07) is 7.06. The van der Waals surface area contributed by atoms with Crippen molar-refractivity contribution in [3.05, 3.63) is 36.7 Å². The van der Waals surface area contributed by atoms with Gasteiger partial charge < -0.3 is 10.1 Å². The first-order valence-corrected chi connectivity index (χ1v) is 7.33. The van der Waals surface area contributed by atoms with Crippen molar-refractivity contribution in [2.45, 2.75) is 20.8 Å². The Hall–Kier alpha value is -2.50. The standard InChI is InChI=1S/C17H20FN3O2/c1-17(2,3)16(22)21-15-7-4-12(10-20-15)14-6-5-13(11-19-14)23-9-8-18/h4-7,10-11H,8-9H2,1-3H3,(H,20,21,22). The summed E-state index contributed by atoms with van der Waals surface area (Å²) in [5, 5.41) is 2.77. The molecule has 0 radical (unpaired) electrons. The van der Waals surface area contributed by atoms with E-state index in [0.717, 1.165) is 11.3 Å². The van der Waals surface area contributed by atoms with Gasteiger partial charge in [0.25, 0.3) is 0 Å². The van der Waals surface area contributed by atoms with E-state index in [9.17, 15) is 9.18 Å². The summed E-state index contributed by atoms with van der Waals surface area (Å²) in [5.74, 6) is 0.926. The lowest BCUT2D eigenvalue weighted by atomic mass is 9.96. The number of hydrogen-bond acceptors (Lipinski definition) is 4. The second-order valence-electron chi connectivity index (χ2n) is 6.05. The van der Waals surface area contributed by atoms with E-state index in [2.05, 4.69) is 15.3 Å². The molecule has 23 heavy (non-hydrogen) atoms. The van der Waals surface area contributed by atoms with E-state index in [4.69, 9.17) is 4.74 Å². The van der Waals surface area contributed by atoms with Crippen LogP contribution in [-0.4, -0.2) is 29.2 Å². The molecule has 0 atom stereocenters. The lowest BCUT2D eigenvalue weighted by Crippen LogP contribution is -2.27. The van der Waals surface area contributed by atoms with Crippen LogP contribution in [-0.2, 0) is 4.79 Å². The number of anilines is 1. The van der Waals surface area contributed by atoms with Gasteiger partial charge in [0, 0.05) is 17.2 Å². The number of ether oxygens (including phenoxy) is 1. The van der Waals surface area contributed by atoms with E-state index in [0.29, 0.717) is 11.6 Å². The zero-order valence-corrected chi connectivity index (χ0v) is 13.5. The molecule has 0 aliphatic rings. The zero-order chi connectivity index (χ0) is 16.9. The Bertz CT molecular complexity index is 649. The first kappa shape index (κ1) is 16.9. The summed E-state index contributed by atoms with van der Waals surface area (Å²) >= 11 is 0. The molecule has 0 fully saturated rings. The van der Waals surface area contributed by atoms with Gasteiger partial charge in [0.15, 0.2) is 0 Å². The molecule has 2 heterocycles. The number of amides is 1. The molecule has 2 rings (SSSR count). The van der Waals surface area contributed by atoms with Gasteiger partial charge in [0.2, 0.25) is 5.91 Å². The number of hydrogen-bond donors (Lipinski definition) is 1. The van der Waals surface area contributed by atoms with Gasteiger partial charge in [-0.2, -0.15) is 0 Å². The molecular formula is C17H20FN3O2. The van der Waals surface area contributed by atoms with Crippen LogP contribution in [0.1, 0.15) is 20.8 Å². The monoisotopic (exact) mass is 317 g/mol. The fraction of sp³-hybridized carbons (Fsp3) is 0.353. The first-order valence-electron chi connectivity index (χ1n) is 7.33. The van der Waals surface area contributed by atoms with Crippen LogP contribution >= 0.6 is 0 Å². The average Bonchev–Trinajstić information content (AvgIpc) is 2.53. The number of rotatable bonds is 5. The molecular weight excluding hydrogens is 297 g/mol. The molecule has 122 valence electrons. The molecule has 0 saturated carbocycles. The Labute approximate surface area is 134 Å². The Kier molecular flexibility index (Phi) is 5.26. The maximum atomic E-state index is 12.0. The number of alkyl halides is 1. The minimum absolute atomic E-state index is 0.0186. The fourth-order valence-corrected chi connectivity index (χ4v) is 1.72. The van der Waals surface area contributed by atoms with E-state index < -0.39 is 12.1 Å². The number of halogens is 1. The molecule has 0 aromatic carbocycles. The molecule has 0 aliphatic carbocycles. The largest absolute Gasteiger partial charge is 0.489 e. The zero-order valence-electron chi connectivity index (χ0n) is 13.5. The predicted molar refractivity (Wildman–Crippen MR) is 87.0 cm³/mol. The molecule has 0 spiro atoms. The van der Waals surface area contributed by atoms with E-state index >= 15 is 0 Å². The molecule has 0 bridgehead atoms. The highest BCUT2D eigenvalue weighted by molar-refractivity contribution is 5.93. The van der Waals surface area contributed by atoms with Gasteiger partial charge in [-0.25, -0.2) is 9.37 Å². The topological polar surface area (TPSA) is 64.1 Å². The summed E-state index contributed by atoms with van der Waals surface area (Å²) in [4.78, 5) is 20.4. The third-order valence-corrected chi connectivity index (χ3v) is 3.06. The SMILES string of the molecule is CC(C)(C)C(=O)Nc1ccc(-c2ccc(OCCF)cn2)cn1. The Balaban J connectivity index is 2.06. The Morgan fingerprint density at radius 1 is 1.17 bits per heavy atom. The van der Waals surface area contributed by atoms with Crippen molar-refractivity contribution < 1.29 is 13.9 Å². The van der Waals surface area contributed by atoms with Crippen molar-refractivity contribution in [2.75, 3.05) is 18.6 Å². The number of aromatic nitrogens is 2. The molecule has 1 N–H and O–H groups in total. The van der Waals surface area contributed by atoms with Crippen LogP contribution < -0.4 is 10.1 Å². The van der Waals surface area contributed by atoms with E-state index in [1.54, 1.807) is 30.6 Å². The quantitative estimate of drug-likeness (QED) is 0.917. The van der Waals surface area contributed by atoms with Crippen LogP contribution in [0.4, 0.5) is 10.2 Å². The predicted octanol–water partition coefficient (Wildman–Crippen LogP) is 3.48. The van der Waals surface area contributed by atoms with Gasteiger partial charge in [0.1, 0.15) is 24.8 Å². The van der Waals surface area contributed by atoms with Crippen molar-refractivity contribution in [3.8, 4) is 17.0 Å². The van der Waals surface area contributed by atoms with Crippen LogP contribution in [0, 0.1) is 5.41 Å². The maximum Gasteiger partial charge on any atom is 0.230 e. The summed E-state index contributed by atoms with van der Waals surface area (Å²) < 4.78 is 17.2. The lowest BCUT2D eigenvalue weighted by Gasteiger charge is -2.17. The van der Waals surface area contributed by atoms with Crippen LogP contribution in [0.15, 0.2) is 36.7 Å². The summed E-state index contributed by atoms with van der Waals surface area (Å²) in [6.07, 6.45) is 3.18. The highest BCUT2D eigenvalue weighted by atomic mass is 19.1. The van der Waals surface area contributed by atoms with Crippen LogP contribution in [0.5, 0.6) is 5.75 Å². The fourth-order valence-electron chi connectivity index (χ4n) is 1.72. The van der Waals surface area contributed by atoms with Gasteiger partial charge in [0.05, 0.1) is 11.9 Å². The highest BCUT2D eigenvalue weighted by Crippen LogP contribution is 2.21. The van der Waals surface area contributed by atoms with E-state index in [1.807, 2.05) is 26.8 Å². The smallest absolute Gasteiger partial charge is 0.230 e. The Morgan fingerprint density at radius 2 is 1.96 bits per heavy atom. The number of nitrogens with one attached hydrogen (secondary N) is 1. The number of carbonyl (C=O) groups excluding carboxylic acids is 1. The van der Waals surface area contributed by atoms with Crippen LogP contribution in [0.25, 0.3) is 11.3 Å². The Morgan fingerprint density at radius 3 is 2.48 bits per heavy atom. The van der Waals surface area contributed by atoms with Gasteiger partial charge in [-0.1, -0.05) is 20.8 Å². The molecule has 0 aliphatic heterocycles. The molecule has 0 unspecified atom stereocenters. The number of pyridine rings is 2. The van der Waals surface area contributed by atoms with Crippen molar-refractivity contribution in [3.63, 3.8) is 0 Å². The molecule has 0 saturated heterocycles. The average molecular weight is 317 g/mol. The molecule has 1 amide bonds. The highest BCUT2D eigenvalue weighted by Gasteiger charge is 2.21. The third-order valence-electron chi connectivity index (χ3n) is 3.06. The number of nitrogens with zero attached hydrogens (tertiary/aromatic N) is 2. The van der Waals surface area contributed by atoms with Gasteiger partial charge in [-0.3, -0.25) is 9.78 Å². The van der Waals surface area contributed by atoms with Gasteiger partial charge in [-0.05, 0) is 24.3 Å². The first-order chi connectivity index (χ1) is 10.9. The van der Waals surface area contributed by atoms with E-state index in [-0.39, 0.29) is 12.5 Å². The second-order valence-corrected chi connectivity index (χ2v) is 6.05. The van der Waals surface area contributed by atoms with Crippen LogP contribution in [0.2, 0.25) is 0 Å². The van der Waals surface area contributed by atoms with Gasteiger partial charge >= 0.3 is 0 Å². The van der Waals surface area contributed by atoms with E-state index in [1.165, 1.54) is 0 Å². The summed E-state index contributed by atoms with van der Waals surface area (Å²) in [5.41, 5.74) is 1.06. The normalized spacial score (nSPS) is 11.1. The number of carbonyl (C=O) groups is 1. The second kappa shape index (κ2) is 7.17. The molecule has 6 heteroatoms. The molecule has 5 nitrogen and oxygen atoms in total. The van der Waals surface area contributed by atoms with Crippen molar-refractivity contribution >= 4 is 11.7 Å². The molecule has 2 aromatic heterocycles.